The average Bonchev–Trinajstić information content (AvgIpc) is 2.73. The molecule has 0 nitrogen and oxygen atoms in total. The molecule has 1 aliphatic rings. The van der Waals surface area contributed by atoms with Gasteiger partial charge in [-0.3, -0.25) is 0 Å². The molecule has 15 heavy (non-hydrogen) atoms. The fourth-order valence-electron chi connectivity index (χ4n) is 2.10. The summed E-state index contributed by atoms with van der Waals surface area (Å²) < 4.78 is 0. The summed E-state index contributed by atoms with van der Waals surface area (Å²) >= 11 is -0.556. The SMILES string of the molecule is [CH3-].[Cl][Ti][Cl].c1c[cH-]c(C2CCCCC2)c1. The van der Waals surface area contributed by atoms with Gasteiger partial charge in [0.15, 0.2) is 0 Å². The molecule has 0 spiro atoms. The van der Waals surface area contributed by atoms with Gasteiger partial charge in [-0.05, 0) is 18.8 Å². The van der Waals surface area contributed by atoms with E-state index in [0.717, 1.165) is 5.92 Å². The second-order valence-corrected chi connectivity index (χ2v) is 6.20. The zero-order valence-electron chi connectivity index (χ0n) is 9.18. The van der Waals surface area contributed by atoms with Crippen molar-refractivity contribution < 1.29 is 17.0 Å². The summed E-state index contributed by atoms with van der Waals surface area (Å²) in [6.07, 6.45) is 7.18. The normalized spacial score (nSPS) is 15.9. The van der Waals surface area contributed by atoms with Crippen LogP contribution >= 0.6 is 18.6 Å². The summed E-state index contributed by atoms with van der Waals surface area (Å²) in [6, 6.07) is 8.86. The molecule has 0 N–H and O–H groups in total. The molecule has 0 amide bonds. The van der Waals surface area contributed by atoms with E-state index in [2.05, 4.69) is 24.3 Å². The summed E-state index contributed by atoms with van der Waals surface area (Å²) in [6.45, 7) is 0. The van der Waals surface area contributed by atoms with E-state index in [1.165, 1.54) is 32.1 Å². The Balaban J connectivity index is 0.000000443. The molecule has 3 heteroatoms. The smallest absolute Gasteiger partial charge is 0.0395 e. The van der Waals surface area contributed by atoms with Gasteiger partial charge in [0.25, 0.3) is 0 Å². The van der Waals surface area contributed by atoms with E-state index in [1.807, 2.05) is 0 Å². The Kier molecular flexibility index (Phi) is 10.3. The maximum atomic E-state index is 4.89. The molecule has 86 valence electrons. The summed E-state index contributed by atoms with van der Waals surface area (Å²) in [5.41, 5.74) is 1.57. The van der Waals surface area contributed by atoms with E-state index in [-0.39, 0.29) is 7.43 Å². The van der Waals surface area contributed by atoms with Crippen LogP contribution in [0, 0.1) is 7.43 Å². The van der Waals surface area contributed by atoms with Crippen molar-refractivity contribution in [2.24, 2.45) is 0 Å². The van der Waals surface area contributed by atoms with Gasteiger partial charge in [0.1, 0.15) is 0 Å². The molecule has 0 saturated heterocycles. The van der Waals surface area contributed by atoms with Gasteiger partial charge < -0.3 is 7.43 Å². The molecule has 1 aliphatic carbocycles. The Morgan fingerprint density at radius 2 is 1.80 bits per heavy atom. The van der Waals surface area contributed by atoms with Crippen molar-refractivity contribution >= 4 is 18.6 Å². The molecule has 0 aliphatic heterocycles. The third-order valence-corrected chi connectivity index (χ3v) is 2.77. The van der Waals surface area contributed by atoms with Crippen molar-refractivity contribution in [3.05, 3.63) is 37.3 Å². The van der Waals surface area contributed by atoms with Gasteiger partial charge in [-0.1, -0.05) is 19.3 Å². The van der Waals surface area contributed by atoms with Crippen LogP contribution in [0.15, 0.2) is 24.3 Å². The molecule has 0 unspecified atom stereocenters. The fraction of sp³-hybridized carbons (Fsp3) is 0.500. The molecule has 2 rings (SSSR count). The first-order chi connectivity index (χ1) is 6.88. The van der Waals surface area contributed by atoms with Crippen LogP contribution in [0.5, 0.6) is 0 Å². The first-order valence-electron chi connectivity index (χ1n) is 5.06. The summed E-state index contributed by atoms with van der Waals surface area (Å²) in [4.78, 5) is 0. The minimum atomic E-state index is -0.556. The van der Waals surface area contributed by atoms with Crippen molar-refractivity contribution in [1.82, 2.24) is 0 Å². The van der Waals surface area contributed by atoms with Gasteiger partial charge in [0.2, 0.25) is 0 Å². The molecule has 1 fully saturated rings. The zero-order chi connectivity index (χ0) is 10.2. The van der Waals surface area contributed by atoms with Crippen LogP contribution in [0.1, 0.15) is 43.6 Å². The van der Waals surface area contributed by atoms with E-state index in [0.29, 0.717) is 0 Å². The van der Waals surface area contributed by atoms with E-state index < -0.39 is 17.0 Å². The molecular formula is C12H18Cl2Ti-2. The largest absolute Gasteiger partial charge is 0.213 e. The van der Waals surface area contributed by atoms with Crippen LogP contribution in [0.2, 0.25) is 0 Å². The number of hydrogen-bond donors (Lipinski definition) is 0. The fourth-order valence-corrected chi connectivity index (χ4v) is 2.10. The monoisotopic (exact) mass is 280 g/mol. The van der Waals surface area contributed by atoms with E-state index in [9.17, 15) is 0 Å². The van der Waals surface area contributed by atoms with Crippen LogP contribution in [0.4, 0.5) is 0 Å². The molecular weight excluding hydrogens is 263 g/mol. The Hall–Kier alpha value is 0.644. The molecule has 1 aromatic carbocycles. The number of halogens is 2. The maximum Gasteiger partial charge on any atom is -0.0395 e. The van der Waals surface area contributed by atoms with Crippen LogP contribution in [-0.2, 0) is 17.0 Å². The molecule has 1 aromatic rings. The standard InChI is InChI=1S/C11H15.CH3.2ClH.Ti/c1-2-6-10(7-3-1)11-8-4-5-9-11;;;;/h4-5,8-10H,1-3,6-7H2;1H3;2*1H;/q2*-1;;;+2/p-2. The predicted octanol–water partition coefficient (Wildman–Crippen LogP) is 5.28. The van der Waals surface area contributed by atoms with Gasteiger partial charge >= 0.3 is 35.6 Å². The second-order valence-electron chi connectivity index (χ2n) is 3.62. The van der Waals surface area contributed by atoms with Crippen LogP contribution in [-0.4, -0.2) is 0 Å². The number of rotatable bonds is 1. The first kappa shape index (κ1) is 15.6. The summed E-state index contributed by atoms with van der Waals surface area (Å²) in [5.74, 6) is 0.888. The summed E-state index contributed by atoms with van der Waals surface area (Å²) in [5, 5.41) is 0. The molecule has 0 radical (unpaired) electrons. The summed E-state index contributed by atoms with van der Waals surface area (Å²) in [7, 11) is 9.78. The van der Waals surface area contributed by atoms with Gasteiger partial charge in [-0.2, -0.15) is 17.7 Å². The van der Waals surface area contributed by atoms with Crippen LogP contribution in [0.25, 0.3) is 0 Å². The average molecular weight is 281 g/mol. The van der Waals surface area contributed by atoms with Crippen LogP contribution in [0.3, 0.4) is 0 Å². The van der Waals surface area contributed by atoms with Crippen LogP contribution < -0.4 is 0 Å². The topological polar surface area (TPSA) is 0 Å². The molecule has 0 atom stereocenters. The van der Waals surface area contributed by atoms with E-state index in [4.69, 9.17) is 18.6 Å². The van der Waals surface area contributed by atoms with Crippen molar-refractivity contribution in [3.8, 4) is 0 Å². The molecule has 0 aromatic heterocycles. The van der Waals surface area contributed by atoms with Crippen molar-refractivity contribution in [1.29, 1.82) is 0 Å². The van der Waals surface area contributed by atoms with E-state index >= 15 is 0 Å². The maximum absolute atomic E-state index is 4.89. The quantitative estimate of drug-likeness (QED) is 0.485. The first-order valence-corrected chi connectivity index (χ1v) is 9.36. The Bertz CT molecular complexity index is 216. The zero-order valence-corrected chi connectivity index (χ0v) is 12.3. The molecule has 1 saturated carbocycles. The van der Waals surface area contributed by atoms with Gasteiger partial charge in [-0.15, -0.1) is 0 Å². The minimum Gasteiger partial charge on any atom is -0.213 e. The van der Waals surface area contributed by atoms with Crippen molar-refractivity contribution in [2.75, 3.05) is 0 Å². The Labute approximate surface area is 110 Å². The minimum absolute atomic E-state index is 0. The van der Waals surface area contributed by atoms with E-state index in [1.54, 1.807) is 5.56 Å². The van der Waals surface area contributed by atoms with Gasteiger partial charge in [0.05, 0.1) is 0 Å². The third kappa shape index (κ3) is 6.07. The van der Waals surface area contributed by atoms with Gasteiger partial charge in [0, 0.05) is 0 Å². The molecule has 0 heterocycles. The Morgan fingerprint density at radius 3 is 2.27 bits per heavy atom. The number of hydrogen-bond acceptors (Lipinski definition) is 0. The Morgan fingerprint density at radius 1 is 1.20 bits per heavy atom. The van der Waals surface area contributed by atoms with Crippen molar-refractivity contribution in [2.45, 2.75) is 38.0 Å². The molecule has 0 bridgehead atoms. The van der Waals surface area contributed by atoms with Crippen molar-refractivity contribution in [3.63, 3.8) is 0 Å². The van der Waals surface area contributed by atoms with Gasteiger partial charge in [-0.25, -0.2) is 12.1 Å². The second kappa shape index (κ2) is 9.84. The third-order valence-electron chi connectivity index (χ3n) is 2.77. The predicted molar refractivity (Wildman–Crippen MR) is 66.0 cm³/mol.